The zero-order valence-corrected chi connectivity index (χ0v) is 11.9. The van der Waals surface area contributed by atoms with Gasteiger partial charge in [0.15, 0.2) is 0 Å². The van der Waals surface area contributed by atoms with Gasteiger partial charge in [-0.2, -0.15) is 0 Å². The van der Waals surface area contributed by atoms with Gasteiger partial charge in [-0.15, -0.1) is 0 Å². The van der Waals surface area contributed by atoms with E-state index in [9.17, 15) is 5.11 Å². The molecule has 4 atom stereocenters. The zero-order valence-electron chi connectivity index (χ0n) is 11.9. The normalized spacial score (nSPS) is 28.3. The second-order valence-corrected chi connectivity index (χ2v) is 5.31. The largest absolute Gasteiger partial charge is 0.491 e. The number of rotatable bonds is 5. The van der Waals surface area contributed by atoms with Gasteiger partial charge < -0.3 is 9.84 Å². The van der Waals surface area contributed by atoms with Crippen LogP contribution in [0.1, 0.15) is 38.8 Å². The summed E-state index contributed by atoms with van der Waals surface area (Å²) in [5, 5.41) is 9.51. The topological polar surface area (TPSA) is 53.5 Å². The van der Waals surface area contributed by atoms with E-state index < -0.39 is 0 Å². The molecule has 0 aliphatic carbocycles. The van der Waals surface area contributed by atoms with E-state index in [-0.39, 0.29) is 30.7 Å². The molecule has 1 fully saturated rings. The number of ether oxygens (including phenoxy) is 1. The highest BCUT2D eigenvalue weighted by molar-refractivity contribution is 5.31. The molecule has 1 heterocycles. The molecule has 1 aliphatic heterocycles. The minimum absolute atomic E-state index is 0.125. The summed E-state index contributed by atoms with van der Waals surface area (Å²) >= 11 is 0. The molecule has 0 amide bonds. The SMILES string of the molecule is CCC(C)Oc1cccc(C2NNC(C)C2CO)c1. The van der Waals surface area contributed by atoms with Crippen LogP contribution in [-0.2, 0) is 0 Å². The Labute approximate surface area is 115 Å². The van der Waals surface area contributed by atoms with Crippen molar-refractivity contribution in [3.8, 4) is 5.75 Å². The van der Waals surface area contributed by atoms with Crippen molar-refractivity contribution in [3.63, 3.8) is 0 Å². The number of aliphatic hydroxyl groups excluding tert-OH is 1. The predicted molar refractivity (Wildman–Crippen MR) is 75.9 cm³/mol. The number of benzene rings is 1. The molecule has 0 radical (unpaired) electrons. The number of hydrogen-bond acceptors (Lipinski definition) is 4. The van der Waals surface area contributed by atoms with Gasteiger partial charge in [0.2, 0.25) is 0 Å². The van der Waals surface area contributed by atoms with Crippen LogP contribution >= 0.6 is 0 Å². The van der Waals surface area contributed by atoms with Crippen LogP contribution in [0.15, 0.2) is 24.3 Å². The van der Waals surface area contributed by atoms with Crippen LogP contribution in [0.2, 0.25) is 0 Å². The second-order valence-electron chi connectivity index (χ2n) is 5.31. The fourth-order valence-electron chi connectivity index (χ4n) is 2.41. The minimum atomic E-state index is 0.125. The van der Waals surface area contributed by atoms with Gasteiger partial charge in [0.25, 0.3) is 0 Å². The molecule has 1 saturated heterocycles. The van der Waals surface area contributed by atoms with E-state index in [1.807, 2.05) is 12.1 Å². The Balaban J connectivity index is 2.14. The summed E-state index contributed by atoms with van der Waals surface area (Å²) in [6, 6.07) is 8.51. The van der Waals surface area contributed by atoms with Gasteiger partial charge in [-0.25, -0.2) is 5.43 Å². The van der Waals surface area contributed by atoms with Gasteiger partial charge in [-0.05, 0) is 38.0 Å². The second kappa shape index (κ2) is 6.37. The molecular weight excluding hydrogens is 240 g/mol. The van der Waals surface area contributed by atoms with E-state index in [2.05, 4.69) is 43.8 Å². The molecule has 0 spiro atoms. The summed E-state index contributed by atoms with van der Waals surface area (Å²) in [6.45, 7) is 6.43. The van der Waals surface area contributed by atoms with Crippen LogP contribution in [0.25, 0.3) is 0 Å². The quantitative estimate of drug-likeness (QED) is 0.761. The maximum atomic E-state index is 9.51. The lowest BCUT2D eigenvalue weighted by molar-refractivity contribution is 0.203. The highest BCUT2D eigenvalue weighted by Crippen LogP contribution is 2.30. The molecule has 1 aliphatic rings. The van der Waals surface area contributed by atoms with Crippen LogP contribution in [0.4, 0.5) is 0 Å². The lowest BCUT2D eigenvalue weighted by Crippen LogP contribution is -2.29. The molecule has 0 saturated carbocycles. The predicted octanol–water partition coefficient (Wildman–Crippen LogP) is 2.01. The first-order valence-corrected chi connectivity index (χ1v) is 7.04. The average molecular weight is 264 g/mol. The highest BCUT2D eigenvalue weighted by Gasteiger charge is 2.33. The van der Waals surface area contributed by atoms with Gasteiger partial charge in [-0.1, -0.05) is 19.1 Å². The third-order valence-corrected chi connectivity index (χ3v) is 3.88. The van der Waals surface area contributed by atoms with E-state index in [0.29, 0.717) is 0 Å². The van der Waals surface area contributed by atoms with Crippen LogP contribution in [0, 0.1) is 5.92 Å². The van der Waals surface area contributed by atoms with Crippen LogP contribution in [0.3, 0.4) is 0 Å². The number of aliphatic hydroxyl groups is 1. The van der Waals surface area contributed by atoms with E-state index in [0.717, 1.165) is 17.7 Å². The lowest BCUT2D eigenvalue weighted by Gasteiger charge is -2.20. The average Bonchev–Trinajstić information content (AvgIpc) is 2.80. The van der Waals surface area contributed by atoms with Crippen molar-refractivity contribution >= 4 is 0 Å². The molecule has 1 aromatic carbocycles. The molecule has 106 valence electrons. The van der Waals surface area contributed by atoms with Crippen molar-refractivity contribution in [2.24, 2.45) is 5.92 Å². The van der Waals surface area contributed by atoms with E-state index in [1.165, 1.54) is 0 Å². The van der Waals surface area contributed by atoms with Crippen LogP contribution in [0.5, 0.6) is 5.75 Å². The van der Waals surface area contributed by atoms with Gasteiger partial charge in [0.05, 0.1) is 12.1 Å². The molecule has 19 heavy (non-hydrogen) atoms. The van der Waals surface area contributed by atoms with Crippen LogP contribution in [-0.4, -0.2) is 23.9 Å². The molecule has 0 bridgehead atoms. The van der Waals surface area contributed by atoms with E-state index >= 15 is 0 Å². The summed E-state index contributed by atoms with van der Waals surface area (Å²) < 4.78 is 5.85. The summed E-state index contributed by atoms with van der Waals surface area (Å²) in [4.78, 5) is 0. The summed E-state index contributed by atoms with van der Waals surface area (Å²) in [5.74, 6) is 1.07. The number of hydrogen-bond donors (Lipinski definition) is 3. The molecule has 1 aromatic rings. The van der Waals surface area contributed by atoms with Crippen LogP contribution < -0.4 is 15.6 Å². The van der Waals surface area contributed by atoms with Crippen molar-refractivity contribution in [3.05, 3.63) is 29.8 Å². The van der Waals surface area contributed by atoms with Gasteiger partial charge in [0, 0.05) is 18.6 Å². The molecule has 2 rings (SSSR count). The number of hydrazine groups is 1. The number of nitrogens with one attached hydrogen (secondary N) is 2. The molecule has 4 nitrogen and oxygen atoms in total. The molecular formula is C15H24N2O2. The van der Waals surface area contributed by atoms with Gasteiger partial charge in [0.1, 0.15) is 5.75 Å². The first-order chi connectivity index (χ1) is 9.15. The maximum Gasteiger partial charge on any atom is 0.120 e. The van der Waals surface area contributed by atoms with Gasteiger partial charge in [-0.3, -0.25) is 5.43 Å². The lowest BCUT2D eigenvalue weighted by atomic mass is 9.91. The Morgan fingerprint density at radius 2 is 2.16 bits per heavy atom. The Morgan fingerprint density at radius 3 is 2.84 bits per heavy atom. The van der Waals surface area contributed by atoms with Crippen molar-refractivity contribution in [2.75, 3.05) is 6.61 Å². The third kappa shape index (κ3) is 3.26. The summed E-state index contributed by atoms with van der Waals surface area (Å²) in [6.07, 6.45) is 1.21. The fourth-order valence-corrected chi connectivity index (χ4v) is 2.41. The standard InChI is InChI=1S/C15H24N2O2/c1-4-10(2)19-13-7-5-6-12(8-13)15-14(9-18)11(3)16-17-15/h5-8,10-11,14-18H,4,9H2,1-3H3. The Kier molecular flexibility index (Phi) is 4.80. The summed E-state index contributed by atoms with van der Waals surface area (Å²) in [5.41, 5.74) is 7.59. The summed E-state index contributed by atoms with van der Waals surface area (Å²) in [7, 11) is 0. The van der Waals surface area contributed by atoms with Crippen molar-refractivity contribution in [1.29, 1.82) is 0 Å². The Bertz CT molecular complexity index is 411. The minimum Gasteiger partial charge on any atom is -0.491 e. The van der Waals surface area contributed by atoms with E-state index in [1.54, 1.807) is 0 Å². The molecule has 3 N–H and O–H groups in total. The monoisotopic (exact) mass is 264 g/mol. The smallest absolute Gasteiger partial charge is 0.120 e. The zero-order chi connectivity index (χ0) is 13.8. The highest BCUT2D eigenvalue weighted by atomic mass is 16.5. The van der Waals surface area contributed by atoms with E-state index in [4.69, 9.17) is 4.74 Å². The first-order valence-electron chi connectivity index (χ1n) is 7.04. The molecule has 0 aromatic heterocycles. The van der Waals surface area contributed by atoms with Crippen molar-refractivity contribution < 1.29 is 9.84 Å². The molecule has 4 heteroatoms. The van der Waals surface area contributed by atoms with Crippen molar-refractivity contribution in [2.45, 2.75) is 45.4 Å². The third-order valence-electron chi connectivity index (χ3n) is 3.88. The Morgan fingerprint density at radius 1 is 1.37 bits per heavy atom. The first kappa shape index (κ1) is 14.3. The Hall–Kier alpha value is -1.10. The van der Waals surface area contributed by atoms with Gasteiger partial charge >= 0.3 is 0 Å². The maximum absolute atomic E-state index is 9.51. The fraction of sp³-hybridized carbons (Fsp3) is 0.600. The molecule has 4 unspecified atom stereocenters. The van der Waals surface area contributed by atoms with Crippen molar-refractivity contribution in [1.82, 2.24) is 10.9 Å².